The maximum atomic E-state index is 13.1. The third-order valence-corrected chi connectivity index (χ3v) is 17.0. The number of phosphoric acid groups is 1. The summed E-state index contributed by atoms with van der Waals surface area (Å²) >= 11 is 0. The van der Waals surface area contributed by atoms with Crippen LogP contribution in [0.1, 0.15) is 335 Å². The Hall–Kier alpha value is -2.06. The second-order valence-corrected chi connectivity index (χ2v) is 26.7. The molecule has 0 saturated carbocycles. The van der Waals surface area contributed by atoms with Gasteiger partial charge in [0.15, 0.2) is 0 Å². The molecule has 0 aromatic carbocycles. The zero-order valence-corrected chi connectivity index (χ0v) is 55.9. The number of carbonyl (C=O) groups is 1. The molecule has 1 amide bonds. The predicted molar refractivity (Wildman–Crippen MR) is 360 cm³/mol. The first-order chi connectivity index (χ1) is 40.0. The van der Waals surface area contributed by atoms with E-state index in [1.807, 2.05) is 21.1 Å². The lowest BCUT2D eigenvalue weighted by atomic mass is 10.0. The third-order valence-electron chi connectivity index (χ3n) is 16.0. The Kier molecular flexibility index (Phi) is 61.8. The van der Waals surface area contributed by atoms with Gasteiger partial charge in [-0.2, -0.15) is 0 Å². The first-order valence-corrected chi connectivity index (χ1v) is 36.8. The van der Waals surface area contributed by atoms with E-state index in [0.29, 0.717) is 23.9 Å². The lowest BCUT2D eigenvalue weighted by Crippen LogP contribution is -2.46. The number of hydrogen-bond donors (Lipinski definition) is 3. The van der Waals surface area contributed by atoms with Gasteiger partial charge in [-0.25, -0.2) is 4.57 Å². The first-order valence-electron chi connectivity index (χ1n) is 35.3. The van der Waals surface area contributed by atoms with Crippen molar-refractivity contribution in [3.8, 4) is 0 Å². The quantitative estimate of drug-likeness (QED) is 0.0243. The van der Waals surface area contributed by atoms with Gasteiger partial charge in [0.05, 0.1) is 39.9 Å². The van der Waals surface area contributed by atoms with Crippen LogP contribution in [0, 0.1) is 0 Å². The number of phosphoric ester groups is 1. The molecule has 0 rings (SSSR count). The number of rotatable bonds is 65. The van der Waals surface area contributed by atoms with Crippen LogP contribution in [0.15, 0.2) is 72.9 Å². The summed E-state index contributed by atoms with van der Waals surface area (Å²) in [5.41, 5.74) is 0. The van der Waals surface area contributed by atoms with Gasteiger partial charge in [0.2, 0.25) is 5.91 Å². The van der Waals surface area contributed by atoms with Crippen LogP contribution in [-0.4, -0.2) is 73.4 Å². The molecule has 0 radical (unpaired) electrons. The molecule has 0 fully saturated rings. The van der Waals surface area contributed by atoms with Gasteiger partial charge in [-0.3, -0.25) is 13.8 Å². The number of nitrogens with zero attached hydrogens (tertiary/aromatic N) is 1. The van der Waals surface area contributed by atoms with E-state index in [0.717, 1.165) is 77.0 Å². The van der Waals surface area contributed by atoms with E-state index in [1.54, 1.807) is 0 Å². The Morgan fingerprint density at radius 1 is 0.427 bits per heavy atom. The molecule has 0 aliphatic heterocycles. The van der Waals surface area contributed by atoms with Gasteiger partial charge in [0, 0.05) is 6.42 Å². The van der Waals surface area contributed by atoms with E-state index >= 15 is 0 Å². The van der Waals surface area contributed by atoms with Crippen LogP contribution in [-0.2, 0) is 18.4 Å². The van der Waals surface area contributed by atoms with Gasteiger partial charge in [-0.15, -0.1) is 0 Å². The number of hydrogen-bond acceptors (Lipinski definition) is 5. The van der Waals surface area contributed by atoms with Gasteiger partial charge in [-0.05, 0) is 64.2 Å². The number of carbonyl (C=O) groups excluding carboxylic acids is 1. The number of unbranched alkanes of at least 4 members (excludes halogenated alkanes) is 40. The molecule has 0 aromatic heterocycles. The summed E-state index contributed by atoms with van der Waals surface area (Å²) in [6.07, 6.45) is 88.6. The summed E-state index contributed by atoms with van der Waals surface area (Å²) in [5, 5.41) is 14.2. The van der Waals surface area contributed by atoms with Gasteiger partial charge in [0.1, 0.15) is 13.2 Å². The van der Waals surface area contributed by atoms with E-state index in [-0.39, 0.29) is 19.1 Å². The maximum Gasteiger partial charge on any atom is 0.472 e. The van der Waals surface area contributed by atoms with Crippen LogP contribution in [0.5, 0.6) is 0 Å². The van der Waals surface area contributed by atoms with Crippen LogP contribution in [0.25, 0.3) is 0 Å². The number of quaternary nitrogens is 1. The van der Waals surface area contributed by atoms with E-state index < -0.39 is 20.0 Å². The number of aliphatic hydroxyl groups is 1. The molecular weight excluding hydrogens is 1030 g/mol. The molecule has 0 heterocycles. The van der Waals surface area contributed by atoms with Crippen molar-refractivity contribution in [2.45, 2.75) is 347 Å². The minimum Gasteiger partial charge on any atom is -0.391 e. The fraction of sp³-hybridized carbons (Fsp3) is 0.822. The van der Waals surface area contributed by atoms with Crippen molar-refractivity contribution in [1.29, 1.82) is 0 Å². The highest BCUT2D eigenvalue weighted by Gasteiger charge is 2.28. The first kappa shape index (κ1) is 79.9. The monoisotopic (exact) mass is 1170 g/mol. The lowest BCUT2D eigenvalue weighted by molar-refractivity contribution is -0.870. The number of amides is 1. The number of allylic oxidation sites excluding steroid dienone is 12. The van der Waals surface area contributed by atoms with Crippen molar-refractivity contribution in [2.24, 2.45) is 0 Å². The highest BCUT2D eigenvalue weighted by molar-refractivity contribution is 7.47. The van der Waals surface area contributed by atoms with Crippen LogP contribution in [0.4, 0.5) is 0 Å². The van der Waals surface area contributed by atoms with Gasteiger partial charge in [-0.1, -0.05) is 337 Å². The molecule has 3 N–H and O–H groups in total. The molecule has 3 unspecified atom stereocenters. The van der Waals surface area contributed by atoms with Crippen molar-refractivity contribution in [1.82, 2.24) is 5.32 Å². The molecule has 82 heavy (non-hydrogen) atoms. The molecule has 0 aliphatic rings. The Morgan fingerprint density at radius 2 is 0.732 bits per heavy atom. The number of nitrogens with one attached hydrogen (secondary N) is 1. The van der Waals surface area contributed by atoms with E-state index in [4.69, 9.17) is 9.05 Å². The molecule has 3 atom stereocenters. The Labute approximate surface area is 510 Å². The van der Waals surface area contributed by atoms with Crippen LogP contribution in [0.3, 0.4) is 0 Å². The average Bonchev–Trinajstić information content (AvgIpc) is 3.47. The molecule has 9 heteroatoms. The molecule has 480 valence electrons. The van der Waals surface area contributed by atoms with Crippen molar-refractivity contribution in [3.63, 3.8) is 0 Å². The lowest BCUT2D eigenvalue weighted by Gasteiger charge is -2.26. The van der Waals surface area contributed by atoms with E-state index in [2.05, 4.69) is 92.1 Å². The average molecular weight is 1170 g/mol. The minimum atomic E-state index is -4.33. The normalized spacial score (nSPS) is 14.1. The van der Waals surface area contributed by atoms with Crippen molar-refractivity contribution >= 4 is 13.7 Å². The molecule has 0 saturated heterocycles. The zero-order chi connectivity index (χ0) is 59.8. The highest BCUT2D eigenvalue weighted by Crippen LogP contribution is 2.43. The smallest absolute Gasteiger partial charge is 0.391 e. The van der Waals surface area contributed by atoms with Crippen molar-refractivity contribution in [3.05, 3.63) is 72.9 Å². The van der Waals surface area contributed by atoms with Gasteiger partial charge >= 0.3 is 7.82 Å². The summed E-state index contributed by atoms with van der Waals surface area (Å²) in [7, 11) is 1.62. The second kappa shape index (κ2) is 63.4. The third kappa shape index (κ3) is 65.5. The molecular formula is C73H138N2O6P+. The van der Waals surface area contributed by atoms with Crippen molar-refractivity contribution < 1.29 is 32.9 Å². The highest BCUT2D eigenvalue weighted by atomic mass is 31.2. The summed E-state index contributed by atoms with van der Waals surface area (Å²) in [5.74, 6) is -0.144. The molecule has 0 spiro atoms. The molecule has 8 nitrogen and oxygen atoms in total. The van der Waals surface area contributed by atoms with Gasteiger partial charge < -0.3 is 19.8 Å². The molecule has 0 aliphatic carbocycles. The van der Waals surface area contributed by atoms with Gasteiger partial charge in [0.25, 0.3) is 0 Å². The number of aliphatic hydroxyl groups excluding tert-OH is 1. The van der Waals surface area contributed by atoms with E-state index in [9.17, 15) is 19.4 Å². The maximum absolute atomic E-state index is 13.1. The van der Waals surface area contributed by atoms with Crippen LogP contribution < -0.4 is 5.32 Å². The summed E-state index contributed by atoms with van der Waals surface area (Å²) in [6.45, 7) is 4.81. The minimum absolute atomic E-state index is 0.0728. The topological polar surface area (TPSA) is 105 Å². The summed E-state index contributed by atoms with van der Waals surface area (Å²) in [6, 6.07) is -0.767. The Bertz CT molecular complexity index is 1570. The van der Waals surface area contributed by atoms with Crippen LogP contribution >= 0.6 is 7.82 Å². The van der Waals surface area contributed by atoms with Crippen LogP contribution in [0.2, 0.25) is 0 Å². The zero-order valence-electron chi connectivity index (χ0n) is 55.0. The molecule has 0 aromatic rings. The fourth-order valence-electron chi connectivity index (χ4n) is 10.5. The van der Waals surface area contributed by atoms with E-state index in [1.165, 1.54) is 231 Å². The number of likely N-dealkylation sites (N-methyl/N-ethyl adjacent to an activating group) is 1. The summed E-state index contributed by atoms with van der Waals surface area (Å²) in [4.78, 5) is 23.5. The largest absolute Gasteiger partial charge is 0.472 e. The fourth-order valence-corrected chi connectivity index (χ4v) is 11.3. The van der Waals surface area contributed by atoms with Crippen molar-refractivity contribution in [2.75, 3.05) is 40.9 Å². The SMILES string of the molecule is CC/C=C\C/C=C\C/C=C\C/C=C\C/C=C\C/C=C\CCCCCCCCCCCCCCC(=O)NC(COP(=O)(O)OCC[N+](C)(C)C)C(O)CCCCCCCCCCCCCCCCCCCCCCCCCCCCCCC. The summed E-state index contributed by atoms with van der Waals surface area (Å²) < 4.78 is 23.9. The Balaban J connectivity index is 4.05. The molecule has 0 bridgehead atoms. The standard InChI is InChI=1S/C73H137N2O6P/c1-6-8-10-12-14-16-18-20-22-24-26-28-30-32-34-36-37-39-41-43-45-47-49-51-53-55-57-59-61-63-65-67-73(77)74-71(70-81-82(78,79)80-69-68-75(3,4)5)72(76)66-64-62-60-58-56-54-52-50-48-46-44-42-40-38-35-33-31-29-27-25-23-21-19-17-15-13-11-9-7-2/h8,10,14,16,20,22,26,28,32,34,37,39,71-72,76H,6-7,9,11-13,15,17-19,21,23-25,27,29-31,33,35-36,38,40-70H2,1-5H3,(H-,74,77,78,79)/p+1/b10-8-,16-14-,22-20-,28-26-,34-32-,39-37-. The Morgan fingerprint density at radius 3 is 1.07 bits per heavy atom. The predicted octanol–water partition coefficient (Wildman–Crippen LogP) is 22.6. The second-order valence-electron chi connectivity index (χ2n) is 25.2.